The predicted molar refractivity (Wildman–Crippen MR) is 107 cm³/mol. The lowest BCUT2D eigenvalue weighted by molar-refractivity contribution is -0.385. The molecule has 0 radical (unpaired) electrons. The van der Waals surface area contributed by atoms with E-state index in [1.165, 1.54) is 36.6 Å². The number of benzene rings is 2. The molecule has 0 bridgehead atoms. The zero-order chi connectivity index (χ0) is 20.4. The number of hydrogen-bond acceptors (Lipinski definition) is 7. The third-order valence-electron chi connectivity index (χ3n) is 4.26. The molecule has 2 aromatic heterocycles. The van der Waals surface area contributed by atoms with Crippen LogP contribution in [0.2, 0.25) is 0 Å². The Balaban J connectivity index is 1.55. The Morgan fingerprint density at radius 2 is 2.03 bits per heavy atom. The number of carbonyl (C=O) groups is 1. The normalized spacial score (nSPS) is 10.8. The molecule has 8 nitrogen and oxygen atoms in total. The van der Waals surface area contributed by atoms with Crippen molar-refractivity contribution in [2.24, 2.45) is 0 Å². The summed E-state index contributed by atoms with van der Waals surface area (Å²) in [5.74, 6) is -0.418. The van der Waals surface area contributed by atoms with Crippen LogP contribution < -0.4 is 9.47 Å². The highest BCUT2D eigenvalue weighted by atomic mass is 32.1. The summed E-state index contributed by atoms with van der Waals surface area (Å²) in [5.41, 5.74) is 2.15. The number of fused-ring (bicyclic) bond motifs is 1. The molecule has 4 aromatic rings. The molecule has 0 saturated carbocycles. The highest BCUT2D eigenvalue weighted by Gasteiger charge is 2.20. The zero-order valence-corrected chi connectivity index (χ0v) is 16.1. The van der Waals surface area contributed by atoms with Crippen molar-refractivity contribution >= 4 is 28.0 Å². The van der Waals surface area contributed by atoms with E-state index in [4.69, 9.17) is 9.47 Å². The third-order valence-corrected chi connectivity index (χ3v) is 5.15. The van der Waals surface area contributed by atoms with Gasteiger partial charge in [0.15, 0.2) is 4.96 Å². The van der Waals surface area contributed by atoms with Gasteiger partial charge in [-0.15, -0.1) is 11.3 Å². The Kier molecular flexibility index (Phi) is 4.96. The number of aromatic nitrogens is 2. The largest absolute Gasteiger partial charge is 0.496 e. The average Bonchev–Trinajstić information content (AvgIpc) is 3.31. The summed E-state index contributed by atoms with van der Waals surface area (Å²) in [5, 5.41) is 13.1. The third kappa shape index (κ3) is 3.81. The number of carbonyl (C=O) groups excluding carboxylic acids is 1. The minimum absolute atomic E-state index is 0.0478. The standard InChI is InChI=1S/C20H15N3O5S/c1-27-15-7-8-18(17(10-15)23(25)26)28-19(24)9-14-12-29-20-21-16(11-22(14)20)13-5-3-2-4-6-13/h2-8,10-12H,9H2,1H3. The SMILES string of the molecule is COc1ccc(OC(=O)Cc2csc3nc(-c4ccccc4)cn23)c([N+](=O)[O-])c1. The van der Waals surface area contributed by atoms with E-state index < -0.39 is 10.9 Å². The maximum absolute atomic E-state index is 12.4. The summed E-state index contributed by atoms with van der Waals surface area (Å²) in [7, 11) is 1.40. The van der Waals surface area contributed by atoms with Gasteiger partial charge in [0.25, 0.3) is 0 Å². The number of imidazole rings is 1. The smallest absolute Gasteiger partial charge is 0.317 e. The van der Waals surface area contributed by atoms with Gasteiger partial charge in [-0.2, -0.15) is 0 Å². The van der Waals surface area contributed by atoms with Crippen LogP contribution in [-0.4, -0.2) is 27.4 Å². The van der Waals surface area contributed by atoms with Crippen molar-refractivity contribution in [1.82, 2.24) is 9.38 Å². The second kappa shape index (κ2) is 7.72. The first kappa shape index (κ1) is 18.6. The van der Waals surface area contributed by atoms with E-state index in [-0.39, 0.29) is 17.9 Å². The maximum Gasteiger partial charge on any atom is 0.317 e. The van der Waals surface area contributed by atoms with Crippen LogP contribution in [0, 0.1) is 10.1 Å². The van der Waals surface area contributed by atoms with Gasteiger partial charge in [0, 0.05) is 22.8 Å². The quantitative estimate of drug-likeness (QED) is 0.206. The van der Waals surface area contributed by atoms with Crippen molar-refractivity contribution in [3.05, 3.63) is 75.9 Å². The van der Waals surface area contributed by atoms with Crippen molar-refractivity contribution < 1.29 is 19.2 Å². The molecule has 0 atom stereocenters. The molecule has 0 spiro atoms. The lowest BCUT2D eigenvalue weighted by Gasteiger charge is -2.06. The second-order valence-electron chi connectivity index (χ2n) is 6.11. The number of nitrogens with zero attached hydrogens (tertiary/aromatic N) is 3. The molecule has 0 saturated heterocycles. The topological polar surface area (TPSA) is 96.0 Å². The van der Waals surface area contributed by atoms with E-state index >= 15 is 0 Å². The van der Waals surface area contributed by atoms with Gasteiger partial charge in [0.1, 0.15) is 5.75 Å². The maximum atomic E-state index is 12.4. The highest BCUT2D eigenvalue weighted by Crippen LogP contribution is 2.31. The first-order chi connectivity index (χ1) is 14.0. The van der Waals surface area contributed by atoms with Crippen LogP contribution in [0.4, 0.5) is 5.69 Å². The molecule has 0 N–H and O–H groups in total. The van der Waals surface area contributed by atoms with Crippen LogP contribution in [-0.2, 0) is 11.2 Å². The molecule has 0 fully saturated rings. The average molecular weight is 409 g/mol. The van der Waals surface area contributed by atoms with E-state index in [9.17, 15) is 14.9 Å². The fourth-order valence-electron chi connectivity index (χ4n) is 2.86. The van der Waals surface area contributed by atoms with Gasteiger partial charge in [-0.3, -0.25) is 19.3 Å². The van der Waals surface area contributed by atoms with Gasteiger partial charge >= 0.3 is 11.7 Å². The predicted octanol–water partition coefficient (Wildman–Crippen LogP) is 4.13. The molecule has 0 unspecified atom stereocenters. The van der Waals surface area contributed by atoms with E-state index in [0.717, 1.165) is 16.2 Å². The summed E-state index contributed by atoms with van der Waals surface area (Å²) < 4.78 is 12.1. The van der Waals surface area contributed by atoms with Crippen molar-refractivity contribution in [3.8, 4) is 22.8 Å². The fourth-order valence-corrected chi connectivity index (χ4v) is 3.74. The molecule has 0 aliphatic rings. The van der Waals surface area contributed by atoms with Crippen LogP contribution >= 0.6 is 11.3 Å². The second-order valence-corrected chi connectivity index (χ2v) is 6.95. The van der Waals surface area contributed by atoms with E-state index in [1.807, 2.05) is 46.3 Å². The lowest BCUT2D eigenvalue weighted by Crippen LogP contribution is -2.13. The van der Waals surface area contributed by atoms with Gasteiger partial charge in [-0.25, -0.2) is 4.98 Å². The van der Waals surface area contributed by atoms with E-state index in [2.05, 4.69) is 4.98 Å². The van der Waals surface area contributed by atoms with Crippen molar-refractivity contribution in [1.29, 1.82) is 0 Å². The Morgan fingerprint density at radius 1 is 1.24 bits per heavy atom. The monoisotopic (exact) mass is 409 g/mol. The molecule has 29 heavy (non-hydrogen) atoms. The van der Waals surface area contributed by atoms with Gasteiger partial charge < -0.3 is 9.47 Å². The minimum atomic E-state index is -0.615. The van der Waals surface area contributed by atoms with Crippen LogP contribution in [0.15, 0.2) is 60.1 Å². The first-order valence-electron chi connectivity index (χ1n) is 8.59. The van der Waals surface area contributed by atoms with Crippen LogP contribution in [0.1, 0.15) is 5.69 Å². The number of rotatable bonds is 6. The number of ether oxygens (including phenoxy) is 2. The van der Waals surface area contributed by atoms with Crippen LogP contribution in [0.3, 0.4) is 0 Å². The Hall–Kier alpha value is -3.72. The van der Waals surface area contributed by atoms with Crippen molar-refractivity contribution in [2.45, 2.75) is 6.42 Å². The zero-order valence-electron chi connectivity index (χ0n) is 15.3. The number of methoxy groups -OCH3 is 1. The van der Waals surface area contributed by atoms with Gasteiger partial charge in [-0.05, 0) is 12.1 Å². The Morgan fingerprint density at radius 3 is 2.76 bits per heavy atom. The Bertz CT molecular complexity index is 1200. The molecular formula is C20H15N3O5S. The number of hydrogen-bond donors (Lipinski definition) is 0. The van der Waals surface area contributed by atoms with E-state index in [1.54, 1.807) is 0 Å². The van der Waals surface area contributed by atoms with Gasteiger partial charge in [0.05, 0.1) is 30.2 Å². The van der Waals surface area contributed by atoms with E-state index in [0.29, 0.717) is 11.4 Å². The highest BCUT2D eigenvalue weighted by molar-refractivity contribution is 7.15. The van der Waals surface area contributed by atoms with Crippen LogP contribution in [0.25, 0.3) is 16.2 Å². The van der Waals surface area contributed by atoms with Gasteiger partial charge in [0.2, 0.25) is 5.75 Å². The summed E-state index contributed by atoms with van der Waals surface area (Å²) >= 11 is 1.41. The fraction of sp³-hybridized carbons (Fsp3) is 0.100. The van der Waals surface area contributed by atoms with Crippen LogP contribution in [0.5, 0.6) is 11.5 Å². The van der Waals surface area contributed by atoms with Crippen molar-refractivity contribution in [3.63, 3.8) is 0 Å². The summed E-state index contributed by atoms with van der Waals surface area (Å²) in [6.45, 7) is 0. The number of nitro groups is 1. The summed E-state index contributed by atoms with van der Waals surface area (Å²) in [4.78, 5) is 28.4. The molecule has 2 aromatic carbocycles. The molecule has 2 heterocycles. The van der Waals surface area contributed by atoms with Gasteiger partial charge in [-0.1, -0.05) is 30.3 Å². The Labute approximate surface area is 169 Å². The number of thiazole rings is 1. The molecule has 146 valence electrons. The lowest BCUT2D eigenvalue weighted by atomic mass is 10.2. The number of nitro benzene ring substituents is 1. The number of esters is 1. The van der Waals surface area contributed by atoms with Crippen molar-refractivity contribution in [2.75, 3.05) is 7.11 Å². The molecule has 0 aliphatic heterocycles. The molecule has 9 heteroatoms. The minimum Gasteiger partial charge on any atom is -0.496 e. The molecule has 0 aliphatic carbocycles. The molecular weight excluding hydrogens is 394 g/mol. The molecule has 0 amide bonds. The first-order valence-corrected chi connectivity index (χ1v) is 9.47. The molecule has 4 rings (SSSR count). The summed E-state index contributed by atoms with van der Waals surface area (Å²) in [6.07, 6.45) is 1.81. The summed E-state index contributed by atoms with van der Waals surface area (Å²) in [6, 6.07) is 13.8.